The number of amides is 1. The highest BCUT2D eigenvalue weighted by molar-refractivity contribution is 5.91. The fourth-order valence-electron chi connectivity index (χ4n) is 1.52. The quantitative estimate of drug-likeness (QED) is 0.689. The Labute approximate surface area is 81.6 Å². The van der Waals surface area contributed by atoms with Gasteiger partial charge in [-0.25, -0.2) is 5.10 Å². The van der Waals surface area contributed by atoms with Crippen molar-refractivity contribution in [3.05, 3.63) is 18.5 Å². The highest BCUT2D eigenvalue weighted by atomic mass is 16.2. The van der Waals surface area contributed by atoms with Crippen LogP contribution in [0.5, 0.6) is 0 Å². The molecule has 1 aromatic heterocycles. The van der Waals surface area contributed by atoms with Gasteiger partial charge in [0.1, 0.15) is 6.33 Å². The number of anilines is 1. The summed E-state index contributed by atoms with van der Waals surface area (Å²) in [6, 6.07) is 0. The molecule has 0 fully saturated rings. The summed E-state index contributed by atoms with van der Waals surface area (Å²) in [5.41, 5.74) is 0. The molecule has 0 spiro atoms. The molecule has 2 rings (SSSR count). The first-order chi connectivity index (χ1) is 6.86. The van der Waals surface area contributed by atoms with Crippen molar-refractivity contribution < 1.29 is 4.79 Å². The van der Waals surface area contributed by atoms with Crippen molar-refractivity contribution in [3.8, 4) is 0 Å². The smallest absolute Gasteiger partial charge is 0.230 e. The number of allylic oxidation sites excluding steroid dienone is 2. The van der Waals surface area contributed by atoms with E-state index in [1.54, 1.807) is 0 Å². The Balaban J connectivity index is 1.92. The fourth-order valence-corrected chi connectivity index (χ4v) is 1.52. The summed E-state index contributed by atoms with van der Waals surface area (Å²) >= 11 is 0. The van der Waals surface area contributed by atoms with Gasteiger partial charge in [0.2, 0.25) is 11.9 Å². The number of carbonyl (C=O) groups is 1. The van der Waals surface area contributed by atoms with E-state index in [-0.39, 0.29) is 11.8 Å². The lowest BCUT2D eigenvalue weighted by molar-refractivity contribution is -0.120. The Hall–Kier alpha value is -1.65. The van der Waals surface area contributed by atoms with Crippen molar-refractivity contribution in [1.82, 2.24) is 15.2 Å². The van der Waals surface area contributed by atoms with Crippen LogP contribution in [-0.2, 0) is 4.79 Å². The van der Waals surface area contributed by atoms with E-state index in [0.29, 0.717) is 5.95 Å². The molecule has 0 bridgehead atoms. The van der Waals surface area contributed by atoms with Crippen molar-refractivity contribution in [2.24, 2.45) is 5.92 Å². The van der Waals surface area contributed by atoms with Crippen LogP contribution in [0.2, 0.25) is 0 Å². The SMILES string of the molecule is O=C(Nc1ncn[nH]1)[C@@H]1CC=CCC1. The van der Waals surface area contributed by atoms with Gasteiger partial charge in [0.25, 0.3) is 0 Å². The van der Waals surface area contributed by atoms with Crippen LogP contribution in [0.4, 0.5) is 5.95 Å². The number of nitrogens with one attached hydrogen (secondary N) is 2. The lowest BCUT2D eigenvalue weighted by Gasteiger charge is -2.15. The Morgan fingerprint density at radius 1 is 1.57 bits per heavy atom. The van der Waals surface area contributed by atoms with Crippen LogP contribution in [0.3, 0.4) is 0 Å². The summed E-state index contributed by atoms with van der Waals surface area (Å²) in [7, 11) is 0. The maximum absolute atomic E-state index is 11.6. The zero-order chi connectivity index (χ0) is 9.80. The maximum Gasteiger partial charge on any atom is 0.230 e. The number of rotatable bonds is 2. The van der Waals surface area contributed by atoms with Crippen LogP contribution in [0.1, 0.15) is 19.3 Å². The highest BCUT2D eigenvalue weighted by Gasteiger charge is 2.19. The third kappa shape index (κ3) is 1.99. The molecular weight excluding hydrogens is 180 g/mol. The van der Waals surface area contributed by atoms with Gasteiger partial charge in [0.15, 0.2) is 0 Å². The van der Waals surface area contributed by atoms with Gasteiger partial charge in [-0.2, -0.15) is 10.1 Å². The molecule has 5 nitrogen and oxygen atoms in total. The monoisotopic (exact) mass is 192 g/mol. The molecule has 0 saturated heterocycles. The number of carbonyl (C=O) groups excluding carboxylic acids is 1. The summed E-state index contributed by atoms with van der Waals surface area (Å²) < 4.78 is 0. The molecule has 1 amide bonds. The van der Waals surface area contributed by atoms with Gasteiger partial charge in [-0.3, -0.25) is 10.1 Å². The van der Waals surface area contributed by atoms with E-state index >= 15 is 0 Å². The average Bonchev–Trinajstić information content (AvgIpc) is 2.72. The van der Waals surface area contributed by atoms with Crippen LogP contribution < -0.4 is 5.32 Å². The maximum atomic E-state index is 11.6. The first-order valence-corrected chi connectivity index (χ1v) is 4.67. The van der Waals surface area contributed by atoms with Gasteiger partial charge in [-0.15, -0.1) is 0 Å². The molecule has 0 aromatic carbocycles. The third-order valence-corrected chi connectivity index (χ3v) is 2.30. The van der Waals surface area contributed by atoms with Crippen LogP contribution >= 0.6 is 0 Å². The Kier molecular flexibility index (Phi) is 2.58. The molecule has 2 N–H and O–H groups in total. The number of H-pyrrole nitrogens is 1. The number of hydrogen-bond acceptors (Lipinski definition) is 3. The van der Waals surface area contributed by atoms with E-state index < -0.39 is 0 Å². The van der Waals surface area contributed by atoms with Crippen molar-refractivity contribution in [2.45, 2.75) is 19.3 Å². The molecule has 1 atom stereocenters. The number of nitrogens with zero attached hydrogens (tertiary/aromatic N) is 2. The molecule has 0 radical (unpaired) electrons. The Morgan fingerprint density at radius 3 is 3.14 bits per heavy atom. The van der Waals surface area contributed by atoms with Crippen molar-refractivity contribution in [1.29, 1.82) is 0 Å². The molecule has 1 aromatic rings. The summed E-state index contributed by atoms with van der Waals surface area (Å²) in [6.45, 7) is 0. The van der Waals surface area contributed by atoms with Gasteiger partial charge in [-0.1, -0.05) is 12.2 Å². The van der Waals surface area contributed by atoms with Gasteiger partial charge < -0.3 is 0 Å². The molecule has 1 aliphatic carbocycles. The molecule has 0 unspecified atom stereocenters. The predicted octanol–water partition coefficient (Wildman–Crippen LogP) is 1.10. The Bertz CT molecular complexity index is 331. The van der Waals surface area contributed by atoms with Gasteiger partial charge in [0, 0.05) is 5.92 Å². The van der Waals surface area contributed by atoms with Crippen LogP contribution in [0.25, 0.3) is 0 Å². The number of aromatic nitrogens is 3. The second kappa shape index (κ2) is 4.04. The largest absolute Gasteiger partial charge is 0.295 e. The lowest BCUT2D eigenvalue weighted by Crippen LogP contribution is -2.24. The van der Waals surface area contributed by atoms with Crippen molar-refractivity contribution in [3.63, 3.8) is 0 Å². The second-order valence-electron chi connectivity index (χ2n) is 3.30. The molecule has 74 valence electrons. The van der Waals surface area contributed by atoms with Gasteiger partial charge in [0.05, 0.1) is 0 Å². The molecule has 1 heterocycles. The van der Waals surface area contributed by atoms with Crippen molar-refractivity contribution >= 4 is 11.9 Å². The third-order valence-electron chi connectivity index (χ3n) is 2.30. The molecule has 1 aliphatic rings. The minimum absolute atomic E-state index is 0.0195. The number of hydrogen-bond donors (Lipinski definition) is 2. The average molecular weight is 192 g/mol. The topological polar surface area (TPSA) is 70.7 Å². The standard InChI is InChI=1S/C9H12N4O/c14-8(7-4-2-1-3-5-7)12-9-10-6-11-13-9/h1-2,6-7H,3-5H2,(H2,10,11,12,13,14)/t7-/m1/s1. The van der Waals surface area contributed by atoms with Crippen LogP contribution in [0.15, 0.2) is 18.5 Å². The summed E-state index contributed by atoms with van der Waals surface area (Å²) in [5, 5.41) is 8.94. The van der Waals surface area contributed by atoms with Gasteiger partial charge >= 0.3 is 0 Å². The zero-order valence-electron chi connectivity index (χ0n) is 7.73. The normalized spacial score (nSPS) is 20.7. The summed E-state index contributed by atoms with van der Waals surface area (Å²) in [6.07, 6.45) is 8.24. The van der Waals surface area contributed by atoms with Crippen LogP contribution in [-0.4, -0.2) is 21.1 Å². The molecule has 5 heteroatoms. The minimum Gasteiger partial charge on any atom is -0.295 e. The molecular formula is C9H12N4O. The Morgan fingerprint density at radius 2 is 2.50 bits per heavy atom. The van der Waals surface area contributed by atoms with E-state index in [1.165, 1.54) is 6.33 Å². The minimum atomic E-state index is 0.0195. The molecule has 0 saturated carbocycles. The molecule has 14 heavy (non-hydrogen) atoms. The van der Waals surface area contributed by atoms with Crippen molar-refractivity contribution in [2.75, 3.05) is 5.32 Å². The molecule has 0 aliphatic heterocycles. The highest BCUT2D eigenvalue weighted by Crippen LogP contribution is 2.19. The summed E-state index contributed by atoms with van der Waals surface area (Å²) in [5.74, 6) is 0.515. The first-order valence-electron chi connectivity index (χ1n) is 4.67. The van der Waals surface area contributed by atoms with Crippen LogP contribution in [0, 0.1) is 5.92 Å². The number of aromatic amines is 1. The van der Waals surface area contributed by atoms with E-state index in [4.69, 9.17) is 0 Å². The summed E-state index contributed by atoms with van der Waals surface area (Å²) in [4.78, 5) is 15.5. The predicted molar refractivity (Wildman–Crippen MR) is 51.5 cm³/mol. The first kappa shape index (κ1) is 8.93. The van der Waals surface area contributed by atoms with E-state index in [2.05, 4.69) is 26.6 Å². The van der Waals surface area contributed by atoms with E-state index in [1.807, 2.05) is 6.08 Å². The lowest BCUT2D eigenvalue weighted by atomic mass is 9.94. The van der Waals surface area contributed by atoms with E-state index in [0.717, 1.165) is 19.3 Å². The fraction of sp³-hybridized carbons (Fsp3) is 0.444. The second-order valence-corrected chi connectivity index (χ2v) is 3.30. The van der Waals surface area contributed by atoms with Gasteiger partial charge in [-0.05, 0) is 19.3 Å². The zero-order valence-corrected chi connectivity index (χ0v) is 7.73. The van der Waals surface area contributed by atoms with E-state index in [9.17, 15) is 4.79 Å².